The van der Waals surface area contributed by atoms with Gasteiger partial charge in [0, 0.05) is 11.8 Å². The van der Waals surface area contributed by atoms with Gasteiger partial charge >= 0.3 is 0 Å². The van der Waals surface area contributed by atoms with Crippen LogP contribution in [0.2, 0.25) is 0 Å². The Kier molecular flexibility index (Phi) is 2.49. The topological polar surface area (TPSA) is 26.0 Å². The summed E-state index contributed by atoms with van der Waals surface area (Å²) in [5.74, 6) is 1.75. The van der Waals surface area contributed by atoms with E-state index in [9.17, 15) is 0 Å². The van der Waals surface area contributed by atoms with Crippen LogP contribution >= 0.6 is 15.9 Å². The van der Waals surface area contributed by atoms with Crippen LogP contribution in [0.15, 0.2) is 4.42 Å². The molecular weight excluding hydrogens is 194 g/mol. The van der Waals surface area contributed by atoms with Crippen molar-refractivity contribution >= 4 is 15.9 Å². The van der Waals surface area contributed by atoms with Gasteiger partial charge in [0.25, 0.3) is 0 Å². The van der Waals surface area contributed by atoms with Crippen molar-refractivity contribution in [2.45, 2.75) is 20.3 Å². The number of rotatable bonds is 2. The molecular formula is C7H10BrNO. The van der Waals surface area contributed by atoms with Gasteiger partial charge in [-0.15, -0.1) is 0 Å². The van der Waals surface area contributed by atoms with Crippen LogP contribution in [0.4, 0.5) is 0 Å². The van der Waals surface area contributed by atoms with Gasteiger partial charge in [0.15, 0.2) is 5.89 Å². The molecule has 2 nitrogen and oxygen atoms in total. The third-order valence-electron chi connectivity index (χ3n) is 1.38. The molecule has 0 radical (unpaired) electrons. The average Bonchev–Trinajstić information content (AvgIpc) is 2.14. The third-order valence-corrected chi connectivity index (χ3v) is 1.78. The molecule has 3 heteroatoms. The van der Waals surface area contributed by atoms with Crippen molar-refractivity contribution in [3.63, 3.8) is 0 Å². The van der Waals surface area contributed by atoms with Gasteiger partial charge in [-0.2, -0.15) is 0 Å². The predicted molar refractivity (Wildman–Crippen MR) is 43.5 cm³/mol. The molecule has 0 unspecified atom stereocenters. The molecule has 0 saturated carbocycles. The molecule has 0 saturated heterocycles. The first-order valence-electron chi connectivity index (χ1n) is 3.23. The van der Waals surface area contributed by atoms with Crippen molar-refractivity contribution in [1.29, 1.82) is 0 Å². The molecule has 0 atom stereocenters. The van der Waals surface area contributed by atoms with E-state index in [0.717, 1.165) is 29.1 Å². The van der Waals surface area contributed by atoms with Gasteiger partial charge in [-0.05, 0) is 13.8 Å². The number of alkyl halides is 1. The lowest BCUT2D eigenvalue weighted by atomic mass is 10.4. The number of oxazole rings is 1. The molecule has 56 valence electrons. The van der Waals surface area contributed by atoms with E-state index in [1.807, 2.05) is 13.8 Å². The Morgan fingerprint density at radius 1 is 1.50 bits per heavy atom. The van der Waals surface area contributed by atoms with Crippen molar-refractivity contribution < 1.29 is 4.42 Å². The first-order valence-corrected chi connectivity index (χ1v) is 4.35. The van der Waals surface area contributed by atoms with E-state index in [1.165, 1.54) is 0 Å². The van der Waals surface area contributed by atoms with E-state index >= 15 is 0 Å². The SMILES string of the molecule is Cc1nc(CCBr)oc1C. The van der Waals surface area contributed by atoms with Gasteiger partial charge in [0.05, 0.1) is 5.69 Å². The summed E-state index contributed by atoms with van der Waals surface area (Å²) in [7, 11) is 0. The minimum Gasteiger partial charge on any atom is -0.446 e. The van der Waals surface area contributed by atoms with E-state index in [-0.39, 0.29) is 0 Å². The summed E-state index contributed by atoms with van der Waals surface area (Å²) in [5, 5.41) is 0.909. The molecule has 0 aliphatic rings. The Hall–Kier alpha value is -0.310. The maximum absolute atomic E-state index is 5.31. The summed E-state index contributed by atoms with van der Waals surface area (Å²) in [6.45, 7) is 3.89. The van der Waals surface area contributed by atoms with Crippen molar-refractivity contribution in [3.05, 3.63) is 17.3 Å². The van der Waals surface area contributed by atoms with E-state index in [0.29, 0.717) is 0 Å². The third kappa shape index (κ3) is 1.59. The summed E-state index contributed by atoms with van der Waals surface area (Å²) < 4.78 is 5.31. The molecule has 1 aromatic rings. The van der Waals surface area contributed by atoms with Gasteiger partial charge in [0.1, 0.15) is 5.76 Å². The van der Waals surface area contributed by atoms with Gasteiger partial charge in [-0.25, -0.2) is 4.98 Å². The van der Waals surface area contributed by atoms with Crippen LogP contribution in [0.1, 0.15) is 17.3 Å². The number of hydrogen-bond acceptors (Lipinski definition) is 2. The molecule has 1 heterocycles. The van der Waals surface area contributed by atoms with E-state index in [2.05, 4.69) is 20.9 Å². The fraction of sp³-hybridized carbons (Fsp3) is 0.571. The minimum absolute atomic E-state index is 0.826. The standard InChI is InChI=1S/C7H10BrNO/c1-5-6(2)10-7(9-5)3-4-8/h3-4H2,1-2H3. The molecule has 0 bridgehead atoms. The highest BCUT2D eigenvalue weighted by Gasteiger charge is 2.02. The van der Waals surface area contributed by atoms with Crippen molar-refractivity contribution in [1.82, 2.24) is 4.98 Å². The fourth-order valence-corrected chi connectivity index (χ4v) is 1.07. The maximum atomic E-state index is 5.31. The van der Waals surface area contributed by atoms with Crippen LogP contribution in [0.25, 0.3) is 0 Å². The van der Waals surface area contributed by atoms with Gasteiger partial charge in [0.2, 0.25) is 0 Å². The molecule has 0 aromatic carbocycles. The normalized spacial score (nSPS) is 10.3. The van der Waals surface area contributed by atoms with Crippen LogP contribution in [-0.4, -0.2) is 10.3 Å². The number of aromatic nitrogens is 1. The number of nitrogens with zero attached hydrogens (tertiary/aromatic N) is 1. The Morgan fingerprint density at radius 2 is 2.20 bits per heavy atom. The first kappa shape index (κ1) is 7.79. The predicted octanol–water partition coefficient (Wildman–Crippen LogP) is 2.23. The van der Waals surface area contributed by atoms with Crippen molar-refractivity contribution in [2.24, 2.45) is 0 Å². The minimum atomic E-state index is 0.826. The molecule has 0 amide bonds. The fourth-order valence-electron chi connectivity index (χ4n) is 0.727. The summed E-state index contributed by atoms with van der Waals surface area (Å²) >= 11 is 3.32. The zero-order valence-corrected chi connectivity index (χ0v) is 7.73. The number of aryl methyl sites for hydroxylation is 3. The summed E-state index contributed by atoms with van der Waals surface area (Å²) in [6, 6.07) is 0. The Labute approximate surface area is 68.8 Å². The quantitative estimate of drug-likeness (QED) is 0.690. The summed E-state index contributed by atoms with van der Waals surface area (Å²) in [6.07, 6.45) is 0.870. The lowest BCUT2D eigenvalue weighted by Gasteiger charge is -1.84. The van der Waals surface area contributed by atoms with E-state index in [4.69, 9.17) is 4.42 Å². The zero-order valence-electron chi connectivity index (χ0n) is 6.15. The lowest BCUT2D eigenvalue weighted by Crippen LogP contribution is -1.84. The summed E-state index contributed by atoms with van der Waals surface area (Å²) in [4.78, 5) is 4.20. The zero-order chi connectivity index (χ0) is 7.56. The second-order valence-corrected chi connectivity index (χ2v) is 2.98. The highest BCUT2D eigenvalue weighted by molar-refractivity contribution is 9.09. The average molecular weight is 204 g/mol. The van der Waals surface area contributed by atoms with Crippen LogP contribution in [0.5, 0.6) is 0 Å². The Bertz CT molecular complexity index is 200. The van der Waals surface area contributed by atoms with E-state index < -0.39 is 0 Å². The van der Waals surface area contributed by atoms with Gasteiger partial charge < -0.3 is 4.42 Å². The monoisotopic (exact) mass is 203 g/mol. The second-order valence-electron chi connectivity index (χ2n) is 2.19. The smallest absolute Gasteiger partial charge is 0.195 e. The molecule has 0 N–H and O–H groups in total. The lowest BCUT2D eigenvalue weighted by molar-refractivity contribution is 0.478. The molecule has 0 aliphatic carbocycles. The Morgan fingerprint density at radius 3 is 2.60 bits per heavy atom. The van der Waals surface area contributed by atoms with Crippen molar-refractivity contribution in [2.75, 3.05) is 5.33 Å². The van der Waals surface area contributed by atoms with Crippen LogP contribution in [0.3, 0.4) is 0 Å². The Balaban J connectivity index is 2.77. The molecule has 0 aliphatic heterocycles. The van der Waals surface area contributed by atoms with Crippen LogP contribution < -0.4 is 0 Å². The molecule has 1 aromatic heterocycles. The second kappa shape index (κ2) is 3.19. The first-order chi connectivity index (χ1) is 4.74. The van der Waals surface area contributed by atoms with Crippen molar-refractivity contribution in [3.8, 4) is 0 Å². The largest absolute Gasteiger partial charge is 0.446 e. The summed E-state index contributed by atoms with van der Waals surface area (Å²) in [5.41, 5.74) is 0.996. The number of halogens is 1. The highest BCUT2D eigenvalue weighted by atomic mass is 79.9. The number of hydrogen-bond donors (Lipinski definition) is 0. The van der Waals surface area contributed by atoms with Gasteiger partial charge in [-0.1, -0.05) is 15.9 Å². The van der Waals surface area contributed by atoms with Gasteiger partial charge in [-0.3, -0.25) is 0 Å². The maximum Gasteiger partial charge on any atom is 0.195 e. The molecule has 10 heavy (non-hydrogen) atoms. The molecule has 0 spiro atoms. The highest BCUT2D eigenvalue weighted by Crippen LogP contribution is 2.08. The van der Waals surface area contributed by atoms with Crippen LogP contribution in [-0.2, 0) is 6.42 Å². The molecule has 0 fully saturated rings. The van der Waals surface area contributed by atoms with E-state index in [1.54, 1.807) is 0 Å². The molecule has 1 rings (SSSR count). The van der Waals surface area contributed by atoms with Crippen LogP contribution in [0, 0.1) is 13.8 Å².